The number of methoxy groups -OCH3 is 1. The molecule has 1 atom stereocenters. The first-order chi connectivity index (χ1) is 16.0. The third-order valence-corrected chi connectivity index (χ3v) is 7.34. The highest BCUT2D eigenvalue weighted by molar-refractivity contribution is 7.99. The fourth-order valence-corrected chi connectivity index (χ4v) is 5.49. The molecule has 0 unspecified atom stereocenters. The highest BCUT2D eigenvalue weighted by Crippen LogP contribution is 2.44. The lowest BCUT2D eigenvalue weighted by Crippen LogP contribution is -2.28. The number of nitrogen functional groups attached to an aromatic ring is 1. The van der Waals surface area contributed by atoms with Gasteiger partial charge in [-0.25, -0.2) is 0 Å². The molecule has 3 heterocycles. The molecule has 7 nitrogen and oxygen atoms in total. The standard InChI is InChI=1S/C25H24N4O3S/c1-14-8-7-11-17(15(14)2)12-18-20(26)24(30)29-19(13-33-25(29)21(18)31-3)23-27-22(28-32-23)16-9-5-4-6-10-16/h4-11,19H,12-13,26H2,1-3H3/t19-/m0/s1. The smallest absolute Gasteiger partial charge is 0.275 e. The maximum Gasteiger partial charge on any atom is 0.275 e. The summed E-state index contributed by atoms with van der Waals surface area (Å²) in [7, 11) is 1.61. The number of aromatic nitrogens is 3. The van der Waals surface area contributed by atoms with Gasteiger partial charge in [-0.2, -0.15) is 4.98 Å². The van der Waals surface area contributed by atoms with Crippen LogP contribution in [0.1, 0.15) is 34.2 Å². The SMILES string of the molecule is COc1c(Cc2cccc(C)c2C)c(N)c(=O)n2c1SC[C@H]2c1nc(-c2ccccc2)no1. The minimum absolute atomic E-state index is 0.187. The van der Waals surface area contributed by atoms with Crippen molar-refractivity contribution >= 4 is 17.4 Å². The van der Waals surface area contributed by atoms with Crippen LogP contribution in [0.25, 0.3) is 11.4 Å². The van der Waals surface area contributed by atoms with Crippen molar-refractivity contribution in [1.29, 1.82) is 0 Å². The van der Waals surface area contributed by atoms with Gasteiger partial charge in [-0.05, 0) is 30.5 Å². The molecule has 8 heteroatoms. The minimum Gasteiger partial charge on any atom is -0.494 e. The van der Waals surface area contributed by atoms with E-state index in [9.17, 15) is 4.79 Å². The van der Waals surface area contributed by atoms with Gasteiger partial charge in [0.05, 0.1) is 7.11 Å². The summed E-state index contributed by atoms with van der Waals surface area (Å²) in [5.74, 6) is 2.08. The van der Waals surface area contributed by atoms with Crippen molar-refractivity contribution in [2.45, 2.75) is 31.3 Å². The van der Waals surface area contributed by atoms with Crippen LogP contribution in [0.4, 0.5) is 5.69 Å². The van der Waals surface area contributed by atoms with Crippen LogP contribution < -0.4 is 16.0 Å². The van der Waals surface area contributed by atoms with Gasteiger partial charge in [0.1, 0.15) is 16.8 Å². The molecule has 0 fully saturated rings. The third-order valence-electron chi connectivity index (χ3n) is 6.20. The second-order valence-electron chi connectivity index (χ2n) is 8.09. The van der Waals surface area contributed by atoms with Gasteiger partial charge in [-0.3, -0.25) is 9.36 Å². The van der Waals surface area contributed by atoms with E-state index in [1.807, 2.05) is 36.4 Å². The molecule has 33 heavy (non-hydrogen) atoms. The molecule has 5 rings (SSSR count). The summed E-state index contributed by atoms with van der Waals surface area (Å²) in [6, 6.07) is 15.3. The Morgan fingerprint density at radius 3 is 2.73 bits per heavy atom. The maximum absolute atomic E-state index is 13.4. The van der Waals surface area contributed by atoms with E-state index in [0.29, 0.717) is 35.2 Å². The van der Waals surface area contributed by atoms with Crippen molar-refractivity contribution in [2.75, 3.05) is 18.6 Å². The number of rotatable bonds is 5. The van der Waals surface area contributed by atoms with Crippen LogP contribution in [-0.4, -0.2) is 27.6 Å². The maximum atomic E-state index is 13.4. The van der Waals surface area contributed by atoms with Gasteiger partial charge in [0, 0.05) is 23.3 Å². The van der Waals surface area contributed by atoms with Crippen molar-refractivity contribution in [3.63, 3.8) is 0 Å². The number of fused-ring (bicyclic) bond motifs is 1. The molecule has 0 bridgehead atoms. The zero-order chi connectivity index (χ0) is 23.1. The second-order valence-corrected chi connectivity index (χ2v) is 9.10. The Kier molecular flexibility index (Phi) is 5.46. The van der Waals surface area contributed by atoms with Crippen LogP contribution in [0, 0.1) is 13.8 Å². The lowest BCUT2D eigenvalue weighted by Gasteiger charge is -2.18. The van der Waals surface area contributed by atoms with E-state index in [2.05, 4.69) is 36.1 Å². The molecule has 1 aliphatic rings. The number of hydrogen-bond acceptors (Lipinski definition) is 7. The van der Waals surface area contributed by atoms with Crippen LogP contribution >= 0.6 is 11.8 Å². The zero-order valence-electron chi connectivity index (χ0n) is 18.7. The van der Waals surface area contributed by atoms with E-state index < -0.39 is 6.04 Å². The molecule has 168 valence electrons. The number of ether oxygens (including phenoxy) is 1. The fraction of sp³-hybridized carbons (Fsp3) is 0.240. The van der Waals surface area contributed by atoms with Crippen molar-refractivity contribution in [1.82, 2.24) is 14.7 Å². The molecular formula is C25H24N4O3S. The average Bonchev–Trinajstić information content (AvgIpc) is 3.48. The summed E-state index contributed by atoms with van der Waals surface area (Å²) in [4.78, 5) is 18.0. The Morgan fingerprint density at radius 1 is 1.18 bits per heavy atom. The first-order valence-electron chi connectivity index (χ1n) is 10.7. The summed E-state index contributed by atoms with van der Waals surface area (Å²) in [6.45, 7) is 4.16. The molecule has 0 saturated carbocycles. The van der Waals surface area contributed by atoms with Crippen LogP contribution in [0.2, 0.25) is 0 Å². The van der Waals surface area contributed by atoms with Crippen molar-refractivity contribution < 1.29 is 9.26 Å². The topological polar surface area (TPSA) is 96.2 Å². The van der Waals surface area contributed by atoms with Crippen LogP contribution in [0.5, 0.6) is 5.75 Å². The Labute approximate surface area is 195 Å². The van der Waals surface area contributed by atoms with E-state index in [0.717, 1.165) is 16.2 Å². The number of benzene rings is 2. The normalized spacial score (nSPS) is 14.9. The number of pyridine rings is 1. The van der Waals surface area contributed by atoms with Crippen molar-refractivity contribution in [3.05, 3.63) is 87.0 Å². The summed E-state index contributed by atoms with van der Waals surface area (Å²) < 4.78 is 13.0. The van der Waals surface area contributed by atoms with Gasteiger partial charge in [-0.1, -0.05) is 53.7 Å². The predicted octanol–water partition coefficient (Wildman–Crippen LogP) is 4.39. The van der Waals surface area contributed by atoms with Crippen LogP contribution in [0.3, 0.4) is 0 Å². The summed E-state index contributed by atoms with van der Waals surface area (Å²) in [5.41, 5.74) is 11.4. The monoisotopic (exact) mass is 460 g/mol. The van der Waals surface area contributed by atoms with Gasteiger partial charge in [0.25, 0.3) is 11.4 Å². The number of nitrogens with zero attached hydrogens (tertiary/aromatic N) is 3. The largest absolute Gasteiger partial charge is 0.494 e. The third kappa shape index (κ3) is 3.60. The first-order valence-corrected chi connectivity index (χ1v) is 11.7. The summed E-state index contributed by atoms with van der Waals surface area (Å²) in [5, 5.41) is 4.85. The van der Waals surface area contributed by atoms with Gasteiger partial charge in [0.2, 0.25) is 5.82 Å². The molecular weight excluding hydrogens is 436 g/mol. The van der Waals surface area contributed by atoms with Crippen LogP contribution in [-0.2, 0) is 6.42 Å². The number of anilines is 1. The van der Waals surface area contributed by atoms with E-state index >= 15 is 0 Å². The highest BCUT2D eigenvalue weighted by Gasteiger charge is 2.35. The second kappa shape index (κ2) is 8.44. The van der Waals surface area contributed by atoms with E-state index in [-0.39, 0.29) is 11.2 Å². The lowest BCUT2D eigenvalue weighted by atomic mass is 9.96. The predicted molar refractivity (Wildman–Crippen MR) is 129 cm³/mol. The molecule has 0 aliphatic carbocycles. The van der Waals surface area contributed by atoms with Gasteiger partial charge >= 0.3 is 0 Å². The van der Waals surface area contributed by atoms with Crippen molar-refractivity contribution in [2.24, 2.45) is 0 Å². The number of nitrogens with two attached hydrogens (primary N) is 1. The molecule has 4 aromatic rings. The molecule has 0 amide bonds. The summed E-state index contributed by atoms with van der Waals surface area (Å²) >= 11 is 1.54. The molecule has 0 spiro atoms. The first kappa shape index (κ1) is 21.3. The Morgan fingerprint density at radius 2 is 1.97 bits per heavy atom. The van der Waals surface area contributed by atoms with E-state index in [1.165, 1.54) is 22.9 Å². The zero-order valence-corrected chi connectivity index (χ0v) is 19.5. The number of hydrogen-bond donors (Lipinski definition) is 1. The molecule has 0 saturated heterocycles. The Bertz CT molecular complexity index is 1400. The van der Waals surface area contributed by atoms with E-state index in [4.69, 9.17) is 15.0 Å². The molecule has 2 aromatic carbocycles. The number of thioether (sulfide) groups is 1. The lowest BCUT2D eigenvalue weighted by molar-refractivity contribution is 0.336. The van der Waals surface area contributed by atoms with Crippen LogP contribution in [0.15, 0.2) is 62.9 Å². The molecule has 2 N–H and O–H groups in total. The summed E-state index contributed by atoms with van der Waals surface area (Å²) in [6.07, 6.45) is 0.523. The number of aryl methyl sites for hydroxylation is 1. The Hall–Kier alpha value is -3.52. The van der Waals surface area contributed by atoms with Crippen molar-refractivity contribution in [3.8, 4) is 17.1 Å². The molecule has 0 radical (unpaired) electrons. The fourth-order valence-electron chi connectivity index (χ4n) is 4.20. The molecule has 1 aliphatic heterocycles. The molecule has 2 aromatic heterocycles. The Balaban J connectivity index is 1.58. The average molecular weight is 461 g/mol. The van der Waals surface area contributed by atoms with Gasteiger partial charge in [-0.15, -0.1) is 11.8 Å². The highest BCUT2D eigenvalue weighted by atomic mass is 32.2. The van der Waals surface area contributed by atoms with E-state index in [1.54, 1.807) is 11.7 Å². The quantitative estimate of drug-likeness (QED) is 0.472. The van der Waals surface area contributed by atoms with Gasteiger partial charge < -0.3 is 15.0 Å². The minimum atomic E-state index is -0.409. The van der Waals surface area contributed by atoms with Gasteiger partial charge in [0.15, 0.2) is 5.75 Å².